The van der Waals surface area contributed by atoms with Gasteiger partial charge in [0.25, 0.3) is 0 Å². The number of hydrogen-bond acceptors (Lipinski definition) is 5. The molecule has 0 fully saturated rings. The van der Waals surface area contributed by atoms with E-state index in [1.807, 2.05) is 12.1 Å². The van der Waals surface area contributed by atoms with Crippen LogP contribution in [0.3, 0.4) is 0 Å². The monoisotopic (exact) mass is 370 g/mol. The van der Waals surface area contributed by atoms with E-state index in [9.17, 15) is 9.46 Å². The van der Waals surface area contributed by atoms with Crippen LogP contribution in [0.25, 0.3) is 0 Å². The lowest BCUT2D eigenvalue weighted by molar-refractivity contribution is -0.186. The third kappa shape index (κ3) is 12.9. The topological polar surface area (TPSA) is 67.8 Å². The summed E-state index contributed by atoms with van der Waals surface area (Å²) >= 11 is 0. The molecule has 1 rings (SSSR count). The first kappa shape index (κ1) is 22.0. The van der Waals surface area contributed by atoms with Crippen LogP contribution in [0.15, 0.2) is 24.3 Å². The van der Waals surface area contributed by atoms with E-state index in [1.165, 1.54) is 50.5 Å². The molecule has 25 heavy (non-hydrogen) atoms. The Morgan fingerprint density at radius 2 is 1.52 bits per heavy atom. The number of unbranched alkanes of at least 4 members (excludes halogenated alkanes) is 6. The van der Waals surface area contributed by atoms with Gasteiger partial charge in [-0.15, -0.1) is 4.52 Å². The largest absolute Gasteiger partial charge is 0.566 e. The van der Waals surface area contributed by atoms with Gasteiger partial charge in [0, 0.05) is 0 Å². The summed E-state index contributed by atoms with van der Waals surface area (Å²) in [6.07, 6.45) is 10.4. The second kappa shape index (κ2) is 15.3. The quantitative estimate of drug-likeness (QED) is 0.318. The van der Waals surface area contributed by atoms with Crippen LogP contribution in [0, 0.1) is 0 Å². The highest BCUT2D eigenvalue weighted by Crippen LogP contribution is 2.15. The average Bonchev–Trinajstić information content (AvgIpc) is 2.61. The molecule has 0 aliphatic heterocycles. The highest BCUT2D eigenvalue weighted by atomic mass is 31.1. The summed E-state index contributed by atoms with van der Waals surface area (Å²) in [6, 6.07) is 8.21. The molecule has 1 aromatic carbocycles. The third-order valence-electron chi connectivity index (χ3n) is 3.91. The minimum atomic E-state index is -2.79. The van der Waals surface area contributed by atoms with Crippen molar-refractivity contribution in [3.63, 3.8) is 0 Å². The molecule has 0 saturated carbocycles. The van der Waals surface area contributed by atoms with E-state index in [0.717, 1.165) is 12.2 Å². The molecular formula is C19H31O5P. The van der Waals surface area contributed by atoms with Crippen molar-refractivity contribution in [2.24, 2.45) is 0 Å². The molecule has 0 aliphatic carbocycles. The fourth-order valence-electron chi connectivity index (χ4n) is 2.53. The maximum absolute atomic E-state index is 10.2. The van der Waals surface area contributed by atoms with Crippen molar-refractivity contribution < 1.29 is 23.5 Å². The SMILES string of the molecule is CCCCCCCCCc1ccc(OCCOCCO[P+](=O)[O-])cc1. The smallest absolute Gasteiger partial charge is 0.488 e. The fraction of sp³-hybridized carbons (Fsp3) is 0.684. The Labute approximate surface area is 152 Å². The van der Waals surface area contributed by atoms with E-state index in [-0.39, 0.29) is 13.2 Å². The normalized spacial score (nSPS) is 11.5. The molecule has 0 aliphatic rings. The predicted octanol–water partition coefficient (Wildman–Crippen LogP) is 4.41. The van der Waals surface area contributed by atoms with Crippen molar-refractivity contribution >= 4 is 8.25 Å². The summed E-state index contributed by atoms with van der Waals surface area (Å²) in [5.74, 6) is 0.825. The van der Waals surface area contributed by atoms with Gasteiger partial charge in [-0.25, -0.2) is 0 Å². The zero-order chi connectivity index (χ0) is 18.2. The number of hydrogen-bond donors (Lipinski definition) is 0. The fourth-order valence-corrected chi connectivity index (χ4v) is 2.75. The standard InChI is InChI=1S/C19H31O5P/c1-2-3-4-5-6-7-8-9-18-10-12-19(13-11-18)23-16-14-22-15-17-24-25(20)21/h10-13H,2-9,14-17H2,1H3. The van der Waals surface area contributed by atoms with Gasteiger partial charge < -0.3 is 14.4 Å². The van der Waals surface area contributed by atoms with Crippen LogP contribution in [0.1, 0.15) is 57.4 Å². The van der Waals surface area contributed by atoms with Crippen LogP contribution in [0.4, 0.5) is 0 Å². The predicted molar refractivity (Wildman–Crippen MR) is 98.0 cm³/mol. The van der Waals surface area contributed by atoms with Crippen LogP contribution in [-0.4, -0.2) is 26.4 Å². The second-order valence-corrected chi connectivity index (χ2v) is 6.74. The Kier molecular flexibility index (Phi) is 13.5. The molecule has 0 bridgehead atoms. The Bertz CT molecular complexity index is 450. The molecule has 0 spiro atoms. The average molecular weight is 370 g/mol. The molecule has 0 saturated heterocycles. The van der Waals surface area contributed by atoms with Gasteiger partial charge in [0.1, 0.15) is 19.0 Å². The Morgan fingerprint density at radius 3 is 2.20 bits per heavy atom. The van der Waals surface area contributed by atoms with Crippen molar-refractivity contribution in [2.45, 2.75) is 58.3 Å². The lowest BCUT2D eigenvalue weighted by atomic mass is 10.0. The number of aryl methyl sites for hydroxylation is 1. The molecule has 5 nitrogen and oxygen atoms in total. The maximum atomic E-state index is 10.2. The highest BCUT2D eigenvalue weighted by Gasteiger charge is 2.00. The van der Waals surface area contributed by atoms with Gasteiger partial charge in [0.2, 0.25) is 0 Å². The van der Waals surface area contributed by atoms with Crippen LogP contribution in [0.2, 0.25) is 0 Å². The number of ether oxygens (including phenoxy) is 2. The first-order chi connectivity index (χ1) is 12.2. The molecule has 1 aromatic rings. The van der Waals surface area contributed by atoms with Crippen molar-refractivity contribution in [2.75, 3.05) is 26.4 Å². The molecule has 1 atom stereocenters. The summed E-state index contributed by atoms with van der Waals surface area (Å²) in [6.45, 7) is 3.37. The van der Waals surface area contributed by atoms with E-state index < -0.39 is 8.25 Å². The second-order valence-electron chi connectivity index (χ2n) is 6.03. The van der Waals surface area contributed by atoms with Gasteiger partial charge in [0.15, 0.2) is 0 Å². The molecule has 0 N–H and O–H groups in total. The molecule has 0 radical (unpaired) electrons. The van der Waals surface area contributed by atoms with Crippen LogP contribution >= 0.6 is 8.25 Å². The van der Waals surface area contributed by atoms with Crippen molar-refractivity contribution in [3.8, 4) is 5.75 Å². The zero-order valence-corrected chi connectivity index (χ0v) is 16.2. The van der Waals surface area contributed by atoms with Crippen molar-refractivity contribution in [3.05, 3.63) is 29.8 Å². The minimum Gasteiger partial charge on any atom is -0.566 e. The summed E-state index contributed by atoms with van der Waals surface area (Å²) in [4.78, 5) is 10.2. The number of benzene rings is 1. The third-order valence-corrected chi connectivity index (χ3v) is 4.31. The van der Waals surface area contributed by atoms with E-state index in [2.05, 4.69) is 23.6 Å². The Hall–Kier alpha value is -1.00. The van der Waals surface area contributed by atoms with E-state index >= 15 is 0 Å². The zero-order valence-electron chi connectivity index (χ0n) is 15.3. The molecule has 0 heterocycles. The molecule has 1 unspecified atom stereocenters. The highest BCUT2D eigenvalue weighted by molar-refractivity contribution is 7.30. The van der Waals surface area contributed by atoms with Gasteiger partial charge in [-0.05, 0) is 35.1 Å². The van der Waals surface area contributed by atoms with E-state index in [4.69, 9.17) is 9.47 Å². The lowest BCUT2D eigenvalue weighted by Crippen LogP contribution is -2.10. The maximum Gasteiger partial charge on any atom is 0.488 e. The lowest BCUT2D eigenvalue weighted by Gasteiger charge is -2.08. The summed E-state index contributed by atoms with van der Waals surface area (Å²) in [5.41, 5.74) is 1.35. The first-order valence-corrected chi connectivity index (χ1v) is 10.4. The first-order valence-electron chi connectivity index (χ1n) is 9.29. The van der Waals surface area contributed by atoms with Gasteiger partial charge in [0.05, 0.1) is 13.2 Å². The van der Waals surface area contributed by atoms with Crippen LogP contribution in [0.5, 0.6) is 5.75 Å². The summed E-state index contributed by atoms with van der Waals surface area (Å²) < 4.78 is 25.3. The molecule has 0 amide bonds. The van der Waals surface area contributed by atoms with Gasteiger partial charge in [-0.3, -0.25) is 0 Å². The summed E-state index contributed by atoms with van der Waals surface area (Å²) in [5, 5.41) is 0. The van der Waals surface area contributed by atoms with E-state index in [0.29, 0.717) is 13.2 Å². The molecule has 6 heteroatoms. The van der Waals surface area contributed by atoms with Crippen molar-refractivity contribution in [1.82, 2.24) is 0 Å². The molecule has 0 aromatic heterocycles. The minimum absolute atomic E-state index is 0.0476. The van der Waals surface area contributed by atoms with E-state index in [1.54, 1.807) is 0 Å². The number of rotatable bonds is 16. The van der Waals surface area contributed by atoms with Crippen molar-refractivity contribution in [1.29, 1.82) is 0 Å². The van der Waals surface area contributed by atoms with Crippen LogP contribution < -0.4 is 9.63 Å². The summed E-state index contributed by atoms with van der Waals surface area (Å²) in [7, 11) is -2.79. The Morgan fingerprint density at radius 1 is 0.880 bits per heavy atom. The Balaban J connectivity index is 2.02. The molecular weight excluding hydrogens is 339 g/mol. The molecule has 142 valence electrons. The van der Waals surface area contributed by atoms with Gasteiger partial charge in [-0.2, -0.15) is 0 Å². The van der Waals surface area contributed by atoms with Crippen LogP contribution in [-0.2, 0) is 20.2 Å². The van der Waals surface area contributed by atoms with Gasteiger partial charge >= 0.3 is 8.25 Å². The van der Waals surface area contributed by atoms with Gasteiger partial charge in [-0.1, -0.05) is 57.6 Å².